The monoisotopic (exact) mass is 306 g/mol. The van der Waals surface area contributed by atoms with Crippen LogP contribution in [0.2, 0.25) is 0 Å². The van der Waals surface area contributed by atoms with E-state index < -0.39 is 16.0 Å². The number of carboxylic acids is 1. The summed E-state index contributed by atoms with van der Waals surface area (Å²) in [6.45, 7) is 0.193. The molecule has 2 N–H and O–H groups in total. The molecule has 7 heteroatoms. The van der Waals surface area contributed by atoms with E-state index in [0.29, 0.717) is 5.56 Å². The fourth-order valence-electron chi connectivity index (χ4n) is 1.71. The highest BCUT2D eigenvalue weighted by Gasteiger charge is 2.12. The molecule has 110 valence electrons. The Bertz CT molecular complexity index is 712. The lowest BCUT2D eigenvalue weighted by Gasteiger charge is -2.07. The van der Waals surface area contributed by atoms with Crippen molar-refractivity contribution in [2.24, 2.45) is 0 Å². The molecule has 21 heavy (non-hydrogen) atoms. The average Bonchev–Trinajstić information content (AvgIpc) is 2.46. The molecule has 0 spiro atoms. The smallest absolute Gasteiger partial charge is 0.335 e. The highest BCUT2D eigenvalue weighted by molar-refractivity contribution is 7.88. The van der Waals surface area contributed by atoms with Crippen molar-refractivity contribution in [1.82, 2.24) is 9.71 Å². The number of carboxylic acid groups (broad SMARTS) is 1. The van der Waals surface area contributed by atoms with E-state index in [9.17, 15) is 13.2 Å². The lowest BCUT2D eigenvalue weighted by molar-refractivity contribution is 0.0697. The predicted octanol–water partition coefficient (Wildman–Crippen LogP) is 1.40. The molecule has 0 radical (unpaired) electrons. The van der Waals surface area contributed by atoms with Crippen LogP contribution in [-0.4, -0.2) is 24.5 Å². The largest absolute Gasteiger partial charge is 0.478 e. The van der Waals surface area contributed by atoms with Crippen molar-refractivity contribution in [3.63, 3.8) is 0 Å². The van der Waals surface area contributed by atoms with Gasteiger partial charge in [0, 0.05) is 18.9 Å². The van der Waals surface area contributed by atoms with Gasteiger partial charge in [0.25, 0.3) is 0 Å². The summed E-state index contributed by atoms with van der Waals surface area (Å²) in [5.74, 6) is -1.24. The van der Waals surface area contributed by atoms with Gasteiger partial charge in [-0.1, -0.05) is 12.1 Å². The molecule has 1 heterocycles. The van der Waals surface area contributed by atoms with Crippen LogP contribution in [0, 0.1) is 0 Å². The molecule has 0 saturated carbocycles. The minimum atomic E-state index is -3.48. The van der Waals surface area contributed by atoms with Gasteiger partial charge >= 0.3 is 5.97 Å². The molecule has 0 aliphatic heterocycles. The second-order valence-corrected chi connectivity index (χ2v) is 6.24. The van der Waals surface area contributed by atoms with Gasteiger partial charge in [0.1, 0.15) is 0 Å². The zero-order valence-corrected chi connectivity index (χ0v) is 11.9. The fourth-order valence-corrected chi connectivity index (χ4v) is 2.83. The van der Waals surface area contributed by atoms with E-state index in [-0.39, 0.29) is 17.9 Å². The number of aromatic nitrogens is 1. The standard InChI is InChI=1S/C14H14N2O4S/c17-14(18)13-3-1-12(2-4-13)10-21(19,20)16-9-11-5-7-15-8-6-11/h1-8,16H,9-10H2,(H,17,18). The molecule has 0 aliphatic rings. The molecule has 2 rings (SSSR count). The molecule has 0 saturated heterocycles. The first kappa shape index (κ1) is 15.1. The summed E-state index contributed by atoms with van der Waals surface area (Å²) in [7, 11) is -3.48. The Kier molecular flexibility index (Phi) is 4.66. The molecule has 1 aromatic carbocycles. The quantitative estimate of drug-likeness (QED) is 0.841. The average molecular weight is 306 g/mol. The zero-order chi connectivity index (χ0) is 15.3. The first-order chi connectivity index (χ1) is 9.96. The Labute approximate surface area is 122 Å². The zero-order valence-electron chi connectivity index (χ0n) is 11.1. The molecule has 2 aromatic rings. The number of aromatic carboxylic acids is 1. The normalized spacial score (nSPS) is 11.2. The maximum atomic E-state index is 11.9. The van der Waals surface area contributed by atoms with Gasteiger partial charge in [-0.3, -0.25) is 4.98 Å². The number of hydrogen-bond acceptors (Lipinski definition) is 4. The Morgan fingerprint density at radius 3 is 2.24 bits per heavy atom. The summed E-state index contributed by atoms with van der Waals surface area (Å²) in [5.41, 5.74) is 1.47. The molecule has 6 nitrogen and oxygen atoms in total. The van der Waals surface area contributed by atoms with Crippen LogP contribution >= 0.6 is 0 Å². The van der Waals surface area contributed by atoms with Crippen molar-refractivity contribution < 1.29 is 18.3 Å². The third-order valence-corrected chi connectivity index (χ3v) is 4.10. The van der Waals surface area contributed by atoms with Crippen LogP contribution < -0.4 is 4.72 Å². The Morgan fingerprint density at radius 1 is 1.05 bits per heavy atom. The second kappa shape index (κ2) is 6.47. The number of sulfonamides is 1. The number of hydrogen-bond donors (Lipinski definition) is 2. The lowest BCUT2D eigenvalue weighted by Crippen LogP contribution is -2.24. The Hall–Kier alpha value is -2.25. The summed E-state index contributed by atoms with van der Waals surface area (Å²) in [5, 5.41) is 8.78. The van der Waals surface area contributed by atoms with Crippen molar-refractivity contribution in [3.8, 4) is 0 Å². The third kappa shape index (κ3) is 4.66. The van der Waals surface area contributed by atoms with Gasteiger partial charge in [-0.2, -0.15) is 0 Å². The van der Waals surface area contributed by atoms with Crippen LogP contribution in [0.15, 0.2) is 48.8 Å². The molecule has 0 bridgehead atoms. The van der Waals surface area contributed by atoms with E-state index in [1.807, 2.05) is 0 Å². The summed E-state index contributed by atoms with van der Waals surface area (Å²) in [6, 6.07) is 9.21. The number of nitrogens with zero attached hydrogens (tertiary/aromatic N) is 1. The maximum Gasteiger partial charge on any atom is 0.335 e. The highest BCUT2D eigenvalue weighted by atomic mass is 32.2. The highest BCUT2D eigenvalue weighted by Crippen LogP contribution is 2.08. The topological polar surface area (TPSA) is 96.4 Å². The molecular weight excluding hydrogens is 292 g/mol. The van der Waals surface area contributed by atoms with E-state index >= 15 is 0 Å². The summed E-state index contributed by atoms with van der Waals surface area (Å²) >= 11 is 0. The summed E-state index contributed by atoms with van der Waals surface area (Å²) < 4.78 is 26.4. The first-order valence-corrected chi connectivity index (χ1v) is 7.80. The van der Waals surface area contributed by atoms with Gasteiger partial charge < -0.3 is 5.11 Å². The van der Waals surface area contributed by atoms with Crippen LogP contribution in [0.25, 0.3) is 0 Å². The maximum absolute atomic E-state index is 11.9. The minimum Gasteiger partial charge on any atom is -0.478 e. The van der Waals surface area contributed by atoms with Crippen LogP contribution in [0.4, 0.5) is 0 Å². The Balaban J connectivity index is 1.99. The SMILES string of the molecule is O=C(O)c1ccc(CS(=O)(=O)NCc2ccncc2)cc1. The van der Waals surface area contributed by atoms with E-state index in [1.54, 1.807) is 24.5 Å². The van der Waals surface area contributed by atoms with Gasteiger partial charge in [0.2, 0.25) is 10.0 Å². The van der Waals surface area contributed by atoms with Crippen LogP contribution in [0.5, 0.6) is 0 Å². The van der Waals surface area contributed by atoms with Crippen molar-refractivity contribution >= 4 is 16.0 Å². The number of rotatable bonds is 6. The van der Waals surface area contributed by atoms with Gasteiger partial charge in [-0.15, -0.1) is 0 Å². The predicted molar refractivity (Wildman–Crippen MR) is 77.1 cm³/mol. The van der Waals surface area contributed by atoms with Crippen LogP contribution in [0.1, 0.15) is 21.5 Å². The van der Waals surface area contributed by atoms with Crippen molar-refractivity contribution in [2.75, 3.05) is 0 Å². The number of pyridine rings is 1. The second-order valence-electron chi connectivity index (χ2n) is 4.44. The van der Waals surface area contributed by atoms with E-state index in [0.717, 1.165) is 5.56 Å². The molecule has 1 aromatic heterocycles. The van der Waals surface area contributed by atoms with E-state index in [2.05, 4.69) is 9.71 Å². The molecule has 0 amide bonds. The minimum absolute atomic E-state index is 0.126. The molecule has 0 fully saturated rings. The molecule has 0 atom stereocenters. The van der Waals surface area contributed by atoms with Gasteiger partial charge in [0.15, 0.2) is 0 Å². The fraction of sp³-hybridized carbons (Fsp3) is 0.143. The molecular formula is C14H14N2O4S. The number of benzene rings is 1. The summed E-state index contributed by atoms with van der Waals surface area (Å²) in [4.78, 5) is 14.6. The molecule has 0 unspecified atom stereocenters. The van der Waals surface area contributed by atoms with Crippen molar-refractivity contribution in [3.05, 3.63) is 65.5 Å². The first-order valence-electron chi connectivity index (χ1n) is 6.15. The lowest BCUT2D eigenvalue weighted by atomic mass is 10.1. The Morgan fingerprint density at radius 2 is 1.67 bits per heavy atom. The van der Waals surface area contributed by atoms with Gasteiger partial charge in [0.05, 0.1) is 11.3 Å². The van der Waals surface area contributed by atoms with E-state index in [1.165, 1.54) is 24.3 Å². The van der Waals surface area contributed by atoms with Crippen LogP contribution in [-0.2, 0) is 22.3 Å². The van der Waals surface area contributed by atoms with Gasteiger partial charge in [-0.05, 0) is 35.4 Å². The number of carbonyl (C=O) groups is 1. The van der Waals surface area contributed by atoms with Gasteiger partial charge in [-0.25, -0.2) is 17.9 Å². The summed E-state index contributed by atoms with van der Waals surface area (Å²) in [6.07, 6.45) is 3.18. The van der Waals surface area contributed by atoms with E-state index in [4.69, 9.17) is 5.11 Å². The van der Waals surface area contributed by atoms with Crippen molar-refractivity contribution in [1.29, 1.82) is 0 Å². The third-order valence-electron chi connectivity index (χ3n) is 2.80. The number of nitrogens with one attached hydrogen (secondary N) is 1. The molecule has 0 aliphatic carbocycles. The van der Waals surface area contributed by atoms with Crippen LogP contribution in [0.3, 0.4) is 0 Å². The van der Waals surface area contributed by atoms with Crippen molar-refractivity contribution in [2.45, 2.75) is 12.3 Å².